The molecule has 5 rings (SSSR count). The van der Waals surface area contributed by atoms with Crippen LogP contribution in [0, 0.1) is 5.82 Å². The van der Waals surface area contributed by atoms with E-state index in [1.165, 1.54) is 12.1 Å². The zero-order chi connectivity index (χ0) is 21.6. The summed E-state index contributed by atoms with van der Waals surface area (Å²) in [7, 11) is 0. The number of rotatable bonds is 6. The number of benzene rings is 3. The lowest BCUT2D eigenvalue weighted by molar-refractivity contribution is 0.0915. The lowest BCUT2D eigenvalue weighted by atomic mass is 10.0. The Balaban J connectivity index is 1.63. The smallest absolute Gasteiger partial charge is 0.163 e. The van der Waals surface area contributed by atoms with Gasteiger partial charge in [-0.3, -0.25) is 4.79 Å². The molecular formula is C25H20ClFN2O2. The maximum Gasteiger partial charge on any atom is 0.163 e. The summed E-state index contributed by atoms with van der Waals surface area (Å²) >= 11 is 6.43. The highest BCUT2D eigenvalue weighted by Crippen LogP contribution is 2.40. The largest absolute Gasteiger partial charge is 0.390 e. The molecule has 0 aliphatic heterocycles. The van der Waals surface area contributed by atoms with Crippen LogP contribution in [0.1, 0.15) is 36.0 Å². The molecular weight excluding hydrogens is 415 g/mol. The molecule has 31 heavy (non-hydrogen) atoms. The van der Waals surface area contributed by atoms with Gasteiger partial charge in [0.15, 0.2) is 5.78 Å². The second-order valence-electron chi connectivity index (χ2n) is 8.10. The first-order chi connectivity index (χ1) is 14.9. The van der Waals surface area contributed by atoms with Gasteiger partial charge in [0.05, 0.1) is 21.8 Å². The zero-order valence-electron chi connectivity index (χ0n) is 16.7. The summed E-state index contributed by atoms with van der Waals surface area (Å²) in [5, 5.41) is 16.2. The van der Waals surface area contributed by atoms with Gasteiger partial charge >= 0.3 is 0 Å². The third-order valence-electron chi connectivity index (χ3n) is 5.85. The number of fused-ring (bicyclic) bond motifs is 1. The lowest BCUT2D eigenvalue weighted by Gasteiger charge is -2.07. The molecule has 0 amide bonds. The van der Waals surface area contributed by atoms with Crippen molar-refractivity contribution < 1.29 is 14.3 Å². The molecule has 0 unspecified atom stereocenters. The monoisotopic (exact) mass is 434 g/mol. The maximum absolute atomic E-state index is 13.5. The van der Waals surface area contributed by atoms with Crippen molar-refractivity contribution in [2.75, 3.05) is 0 Å². The number of carbonyl (C=O) groups excluding carboxylic acids is 1. The number of aliphatic hydroxyl groups is 1. The van der Waals surface area contributed by atoms with Crippen LogP contribution in [0.4, 0.5) is 4.39 Å². The predicted molar refractivity (Wildman–Crippen MR) is 119 cm³/mol. The highest BCUT2D eigenvalue weighted by Gasteiger charge is 2.40. The fraction of sp³-hybridized carbons (Fsp3) is 0.200. The molecule has 0 bridgehead atoms. The molecule has 0 radical (unpaired) electrons. The summed E-state index contributed by atoms with van der Waals surface area (Å²) in [6.45, 7) is 0. The van der Waals surface area contributed by atoms with Crippen LogP contribution in [0.3, 0.4) is 0 Å². The number of nitrogens with zero attached hydrogens (tertiary/aromatic N) is 2. The van der Waals surface area contributed by atoms with E-state index >= 15 is 0 Å². The fourth-order valence-corrected chi connectivity index (χ4v) is 4.03. The SMILES string of the molecule is O=C(CCC1(O)CC1)c1ccc2c(-c3ccccc3Cl)nn(-c3ccc(F)cc3)c2c1. The Hall–Kier alpha value is -3.02. The molecule has 4 aromatic rings. The quantitative estimate of drug-likeness (QED) is 0.380. The Bertz CT molecular complexity index is 1290. The van der Waals surface area contributed by atoms with Crippen molar-refractivity contribution in [2.45, 2.75) is 31.3 Å². The number of halogens is 2. The van der Waals surface area contributed by atoms with E-state index in [4.69, 9.17) is 16.7 Å². The Morgan fingerprint density at radius 3 is 2.55 bits per heavy atom. The second-order valence-corrected chi connectivity index (χ2v) is 8.50. The van der Waals surface area contributed by atoms with Crippen molar-refractivity contribution in [3.63, 3.8) is 0 Å². The van der Waals surface area contributed by atoms with Gasteiger partial charge in [0.25, 0.3) is 0 Å². The molecule has 1 saturated carbocycles. The van der Waals surface area contributed by atoms with E-state index in [1.54, 1.807) is 28.9 Å². The average Bonchev–Trinajstić information content (AvgIpc) is 3.40. The minimum atomic E-state index is -0.660. The summed E-state index contributed by atoms with van der Waals surface area (Å²) in [5.74, 6) is -0.353. The van der Waals surface area contributed by atoms with Crippen molar-refractivity contribution >= 4 is 28.3 Å². The van der Waals surface area contributed by atoms with Gasteiger partial charge in [-0.25, -0.2) is 9.07 Å². The minimum absolute atomic E-state index is 0.0200. The molecule has 156 valence electrons. The first-order valence-electron chi connectivity index (χ1n) is 10.2. The van der Waals surface area contributed by atoms with Crippen LogP contribution in [0.2, 0.25) is 5.02 Å². The van der Waals surface area contributed by atoms with Crippen LogP contribution >= 0.6 is 11.6 Å². The minimum Gasteiger partial charge on any atom is -0.390 e. The molecule has 0 spiro atoms. The molecule has 6 heteroatoms. The fourth-order valence-electron chi connectivity index (χ4n) is 3.80. The number of hydrogen-bond acceptors (Lipinski definition) is 3. The third-order valence-corrected chi connectivity index (χ3v) is 6.18. The summed E-state index contributed by atoms with van der Waals surface area (Å²) in [6.07, 6.45) is 2.30. The normalized spacial score (nSPS) is 14.7. The predicted octanol–water partition coefficient (Wildman–Crippen LogP) is 5.97. The van der Waals surface area contributed by atoms with E-state index in [1.807, 2.05) is 30.3 Å². The van der Waals surface area contributed by atoms with E-state index in [9.17, 15) is 14.3 Å². The summed E-state index contributed by atoms with van der Waals surface area (Å²) in [6, 6.07) is 19.0. The van der Waals surface area contributed by atoms with E-state index in [-0.39, 0.29) is 11.6 Å². The van der Waals surface area contributed by atoms with Crippen LogP contribution in [0.5, 0.6) is 0 Å². The van der Waals surface area contributed by atoms with Crippen molar-refractivity contribution in [1.82, 2.24) is 9.78 Å². The van der Waals surface area contributed by atoms with E-state index < -0.39 is 5.60 Å². The zero-order valence-corrected chi connectivity index (χ0v) is 17.4. The van der Waals surface area contributed by atoms with E-state index in [0.29, 0.717) is 34.8 Å². The van der Waals surface area contributed by atoms with Crippen LogP contribution in [0.25, 0.3) is 27.8 Å². The molecule has 0 saturated heterocycles. The van der Waals surface area contributed by atoms with Gasteiger partial charge in [0.1, 0.15) is 11.5 Å². The molecule has 4 nitrogen and oxygen atoms in total. The Morgan fingerprint density at radius 2 is 1.84 bits per heavy atom. The van der Waals surface area contributed by atoms with Crippen molar-refractivity contribution in [1.29, 1.82) is 0 Å². The van der Waals surface area contributed by atoms with Crippen LogP contribution < -0.4 is 0 Å². The second kappa shape index (κ2) is 7.59. The van der Waals surface area contributed by atoms with Crippen LogP contribution in [-0.4, -0.2) is 26.3 Å². The molecule has 1 aliphatic carbocycles. The summed E-state index contributed by atoms with van der Waals surface area (Å²) < 4.78 is 15.2. The molecule has 1 N–H and O–H groups in total. The number of ketones is 1. The van der Waals surface area contributed by atoms with Crippen LogP contribution in [-0.2, 0) is 0 Å². The summed E-state index contributed by atoms with van der Waals surface area (Å²) in [4.78, 5) is 12.8. The molecule has 1 heterocycles. The van der Waals surface area contributed by atoms with Crippen molar-refractivity contribution in [3.8, 4) is 16.9 Å². The van der Waals surface area contributed by atoms with Gasteiger partial charge in [-0.1, -0.05) is 35.9 Å². The topological polar surface area (TPSA) is 55.1 Å². The van der Waals surface area contributed by atoms with Gasteiger partial charge in [-0.05, 0) is 61.7 Å². The van der Waals surface area contributed by atoms with Crippen LogP contribution in [0.15, 0.2) is 66.7 Å². The number of carbonyl (C=O) groups is 1. The summed E-state index contributed by atoms with van der Waals surface area (Å²) in [5.41, 5.74) is 2.79. The number of aromatic nitrogens is 2. The molecule has 1 fully saturated rings. The average molecular weight is 435 g/mol. The van der Waals surface area contributed by atoms with E-state index in [2.05, 4.69) is 0 Å². The number of hydrogen-bond donors (Lipinski definition) is 1. The Morgan fingerprint density at radius 1 is 1.10 bits per heavy atom. The standard InChI is InChI=1S/C25H20ClFN2O2/c26-21-4-2-1-3-19(21)24-20-10-5-16(23(30)11-12-25(31)13-14-25)15-22(20)29(28-24)18-8-6-17(27)7-9-18/h1-10,15,31H,11-14H2. The maximum atomic E-state index is 13.5. The van der Waals surface area contributed by atoms with Crippen molar-refractivity contribution in [2.24, 2.45) is 0 Å². The molecule has 0 atom stereocenters. The first kappa shape index (κ1) is 19.9. The highest BCUT2D eigenvalue weighted by molar-refractivity contribution is 6.33. The first-order valence-corrected chi connectivity index (χ1v) is 10.6. The van der Waals surface area contributed by atoms with E-state index in [0.717, 1.165) is 29.3 Å². The van der Waals surface area contributed by atoms with Crippen molar-refractivity contribution in [3.05, 3.63) is 83.1 Å². The lowest BCUT2D eigenvalue weighted by Crippen LogP contribution is -2.10. The Kier molecular flexibility index (Phi) is 4.88. The van der Waals surface area contributed by atoms with Gasteiger partial charge in [-0.15, -0.1) is 0 Å². The Labute approximate surface area is 183 Å². The molecule has 3 aromatic carbocycles. The van der Waals surface area contributed by atoms with Gasteiger partial charge in [0.2, 0.25) is 0 Å². The molecule has 1 aliphatic rings. The van der Waals surface area contributed by atoms with Gasteiger partial charge in [-0.2, -0.15) is 5.10 Å². The third kappa shape index (κ3) is 3.87. The molecule has 1 aromatic heterocycles. The van der Waals surface area contributed by atoms with Gasteiger partial charge in [0, 0.05) is 22.9 Å². The van der Waals surface area contributed by atoms with Gasteiger partial charge < -0.3 is 5.11 Å². The highest BCUT2D eigenvalue weighted by atomic mass is 35.5. The number of Topliss-reactive ketones (excluding diaryl/α,β-unsaturated/α-hetero) is 1.